The number of benzene rings is 1. The molecule has 0 spiro atoms. The first-order valence-electron chi connectivity index (χ1n) is 9.80. The lowest BCUT2D eigenvalue weighted by molar-refractivity contribution is -0.144. The van der Waals surface area contributed by atoms with Crippen molar-refractivity contribution in [2.24, 2.45) is 5.92 Å². The molecule has 2 N–H and O–H groups in total. The number of H-pyrrole nitrogens is 1. The van der Waals surface area contributed by atoms with E-state index in [0.717, 1.165) is 43.6 Å². The molecule has 1 aromatic heterocycles. The smallest absolute Gasteiger partial charge is 0.327 e. The largest absolute Gasteiger partial charge is 0.468 e. The topological polar surface area (TPSA) is 65.6 Å². The van der Waals surface area contributed by atoms with Gasteiger partial charge in [0.2, 0.25) is 0 Å². The minimum Gasteiger partial charge on any atom is -0.468 e. The number of aliphatic hydroxyl groups is 1. The first-order chi connectivity index (χ1) is 13.3. The number of nitrogens with zero attached hydrogens (tertiary/aromatic N) is 1. The molecule has 28 heavy (non-hydrogen) atoms. The molecular formula is C21H26I2N2O3. The highest BCUT2D eigenvalue weighted by molar-refractivity contribution is 14.1. The Labute approximate surface area is 192 Å². The van der Waals surface area contributed by atoms with Gasteiger partial charge in [0.15, 0.2) is 3.42 Å². The molecule has 0 amide bonds. The van der Waals surface area contributed by atoms with E-state index in [1.54, 1.807) is 0 Å². The monoisotopic (exact) mass is 608 g/mol. The van der Waals surface area contributed by atoms with Crippen LogP contribution in [0.5, 0.6) is 0 Å². The van der Waals surface area contributed by atoms with Crippen LogP contribution in [0.1, 0.15) is 37.4 Å². The second-order valence-electron chi connectivity index (χ2n) is 8.30. The molecule has 152 valence electrons. The van der Waals surface area contributed by atoms with Gasteiger partial charge < -0.3 is 14.8 Å². The van der Waals surface area contributed by atoms with Gasteiger partial charge in [-0.2, -0.15) is 0 Å². The Bertz CT molecular complexity index is 914. The second kappa shape index (κ2) is 7.70. The number of halogens is 2. The number of alkyl halides is 1. The fourth-order valence-corrected chi connectivity index (χ4v) is 6.80. The van der Waals surface area contributed by atoms with Crippen LogP contribution in [-0.4, -0.2) is 53.3 Å². The maximum atomic E-state index is 13.0. The summed E-state index contributed by atoms with van der Waals surface area (Å²) in [5.74, 6) is 0.0295. The maximum Gasteiger partial charge on any atom is 0.327 e. The molecule has 7 heteroatoms. The van der Waals surface area contributed by atoms with Crippen molar-refractivity contribution in [2.45, 2.75) is 41.6 Å². The summed E-state index contributed by atoms with van der Waals surface area (Å²) >= 11 is 4.63. The number of hydrogen-bond donors (Lipinski definition) is 2. The molecule has 1 saturated heterocycles. The van der Waals surface area contributed by atoms with Crippen LogP contribution in [0.3, 0.4) is 0 Å². The fraction of sp³-hybridized carbons (Fsp3) is 0.571. The van der Waals surface area contributed by atoms with E-state index in [-0.39, 0.29) is 11.9 Å². The Morgan fingerprint density at radius 2 is 2.21 bits per heavy atom. The predicted molar refractivity (Wildman–Crippen MR) is 127 cm³/mol. The summed E-state index contributed by atoms with van der Waals surface area (Å²) in [6.07, 6.45) is 2.98. The minimum absolute atomic E-state index is 0.213. The number of methoxy groups -OCH3 is 1. The van der Waals surface area contributed by atoms with Crippen LogP contribution in [0.2, 0.25) is 0 Å². The zero-order chi connectivity index (χ0) is 20.1. The average Bonchev–Trinajstić information content (AvgIpc) is 3.04. The third-order valence-corrected chi connectivity index (χ3v) is 8.47. The molecule has 0 aliphatic carbocycles. The van der Waals surface area contributed by atoms with Gasteiger partial charge in [0.25, 0.3) is 0 Å². The van der Waals surface area contributed by atoms with Crippen molar-refractivity contribution in [1.29, 1.82) is 0 Å². The van der Waals surface area contributed by atoms with E-state index in [1.165, 1.54) is 21.6 Å². The van der Waals surface area contributed by atoms with Crippen molar-refractivity contribution in [3.8, 4) is 0 Å². The normalized spacial score (nSPS) is 32.9. The molecule has 2 aliphatic heterocycles. The van der Waals surface area contributed by atoms with Gasteiger partial charge in [0, 0.05) is 39.8 Å². The Morgan fingerprint density at radius 1 is 1.43 bits per heavy atom. The molecule has 4 atom stereocenters. The number of nitrogens with one attached hydrogen (secondary N) is 1. The van der Waals surface area contributed by atoms with Crippen molar-refractivity contribution in [3.63, 3.8) is 0 Å². The van der Waals surface area contributed by atoms with Gasteiger partial charge in [0.1, 0.15) is 0 Å². The van der Waals surface area contributed by atoms with E-state index in [4.69, 9.17) is 4.74 Å². The Hall–Kier alpha value is -0.390. The van der Waals surface area contributed by atoms with Crippen molar-refractivity contribution < 1.29 is 14.6 Å². The van der Waals surface area contributed by atoms with Gasteiger partial charge in [-0.1, -0.05) is 29.5 Å². The highest BCUT2D eigenvalue weighted by atomic mass is 127. The van der Waals surface area contributed by atoms with E-state index in [2.05, 4.69) is 80.2 Å². The first kappa shape index (κ1) is 20.9. The average molecular weight is 608 g/mol. The van der Waals surface area contributed by atoms with Gasteiger partial charge in [-0.3, -0.25) is 9.69 Å². The van der Waals surface area contributed by atoms with E-state index in [0.29, 0.717) is 13.0 Å². The maximum absolute atomic E-state index is 13.0. The lowest BCUT2D eigenvalue weighted by atomic mass is 9.79. The number of ether oxygens (including phenoxy) is 1. The van der Waals surface area contributed by atoms with E-state index < -0.39 is 9.02 Å². The summed E-state index contributed by atoms with van der Waals surface area (Å²) in [4.78, 5) is 19.0. The van der Waals surface area contributed by atoms with Crippen LogP contribution in [0.25, 0.3) is 10.9 Å². The molecule has 0 saturated carbocycles. The molecule has 1 aromatic carbocycles. The van der Waals surface area contributed by atoms with Gasteiger partial charge in [0.05, 0.1) is 12.7 Å². The zero-order valence-electron chi connectivity index (χ0n) is 16.2. The molecule has 0 radical (unpaired) electrons. The predicted octanol–water partition coefficient (Wildman–Crippen LogP) is 3.99. The van der Waals surface area contributed by atoms with Crippen LogP contribution < -0.4 is 0 Å². The molecule has 1 fully saturated rings. The second-order valence-corrected chi connectivity index (χ2v) is 11.4. The summed E-state index contributed by atoms with van der Waals surface area (Å²) in [7, 11) is 1.47. The van der Waals surface area contributed by atoms with Gasteiger partial charge >= 0.3 is 5.97 Å². The number of carbonyl (C=O) groups excluding carboxylic acids is 1. The van der Waals surface area contributed by atoms with Crippen LogP contribution >= 0.6 is 45.2 Å². The standard InChI is InChI=1S/C21H26I2N2O3/c1-3-20(27)9-13-10-21(23,19(26)28-2)18-15(6-7-25(11-13)12-20)16-8-14(22)4-5-17(16)24-18/h4-5,8,13,24,27H,3,6-7,9-12H2,1-2H3/t13-,20+,21+/m1/s1. The molecule has 4 rings (SSSR count). The van der Waals surface area contributed by atoms with Crippen molar-refractivity contribution in [3.05, 3.63) is 33.0 Å². The van der Waals surface area contributed by atoms with Gasteiger partial charge in [-0.15, -0.1) is 0 Å². The highest BCUT2D eigenvalue weighted by Gasteiger charge is 2.48. The highest BCUT2D eigenvalue weighted by Crippen LogP contribution is 2.46. The third kappa shape index (κ3) is 3.60. The van der Waals surface area contributed by atoms with Crippen molar-refractivity contribution in [1.82, 2.24) is 9.88 Å². The van der Waals surface area contributed by atoms with Gasteiger partial charge in [-0.05, 0) is 78.0 Å². The first-order valence-corrected chi connectivity index (χ1v) is 12.0. The summed E-state index contributed by atoms with van der Waals surface area (Å²) < 4.78 is 5.68. The fourth-order valence-electron chi connectivity index (χ4n) is 5.01. The molecule has 2 aliphatic rings. The number of aromatic amines is 1. The Morgan fingerprint density at radius 3 is 2.93 bits per heavy atom. The molecular weight excluding hydrogens is 582 g/mol. The molecule has 5 nitrogen and oxygen atoms in total. The summed E-state index contributed by atoms with van der Waals surface area (Å²) in [6, 6.07) is 6.38. The van der Waals surface area contributed by atoms with Crippen LogP contribution in [0.4, 0.5) is 0 Å². The number of carbonyl (C=O) groups is 1. The Balaban J connectivity index is 1.87. The quantitative estimate of drug-likeness (QED) is 0.308. The zero-order valence-corrected chi connectivity index (χ0v) is 20.5. The number of piperidine rings is 1. The lowest BCUT2D eigenvalue weighted by Crippen LogP contribution is -2.52. The van der Waals surface area contributed by atoms with E-state index in [9.17, 15) is 9.90 Å². The number of fused-ring (bicyclic) bond motifs is 5. The molecule has 3 heterocycles. The Kier molecular flexibility index (Phi) is 5.74. The van der Waals surface area contributed by atoms with Crippen LogP contribution in [0, 0.1) is 9.49 Å². The van der Waals surface area contributed by atoms with E-state index in [1.807, 2.05) is 0 Å². The molecule has 2 aromatic rings. The summed E-state index contributed by atoms with van der Waals surface area (Å²) in [5, 5.41) is 12.3. The molecule has 1 unspecified atom stereocenters. The van der Waals surface area contributed by atoms with Crippen molar-refractivity contribution in [2.75, 3.05) is 26.7 Å². The number of hydrogen-bond acceptors (Lipinski definition) is 4. The lowest BCUT2D eigenvalue weighted by Gasteiger charge is -2.44. The number of aromatic nitrogens is 1. The van der Waals surface area contributed by atoms with Gasteiger partial charge in [-0.25, -0.2) is 0 Å². The number of esters is 1. The number of rotatable bonds is 2. The van der Waals surface area contributed by atoms with Crippen LogP contribution in [0.15, 0.2) is 18.2 Å². The third-order valence-electron chi connectivity index (χ3n) is 6.38. The molecule has 2 bridgehead atoms. The minimum atomic E-state index is -0.779. The summed E-state index contributed by atoms with van der Waals surface area (Å²) in [5.41, 5.74) is 2.58. The summed E-state index contributed by atoms with van der Waals surface area (Å²) in [6.45, 7) is 4.57. The SMILES string of the molecule is CC[C@]1(O)C[C@H]2CN(CCc3c([nH]c4ccc(I)cc34)[C@](I)(C(=O)OC)C2)C1. The van der Waals surface area contributed by atoms with Crippen LogP contribution in [-0.2, 0) is 19.4 Å². The van der Waals surface area contributed by atoms with E-state index >= 15 is 0 Å². The van der Waals surface area contributed by atoms with Crippen molar-refractivity contribution >= 4 is 62.1 Å².